The van der Waals surface area contributed by atoms with Crippen LogP contribution in [0.3, 0.4) is 0 Å². The van der Waals surface area contributed by atoms with Crippen LogP contribution in [0.4, 0.5) is 13.2 Å². The summed E-state index contributed by atoms with van der Waals surface area (Å²) in [7, 11) is 0. The fourth-order valence-electron chi connectivity index (χ4n) is 3.38. The first kappa shape index (κ1) is 20.6. The van der Waals surface area contributed by atoms with Crippen LogP contribution in [0, 0.1) is 11.8 Å². The van der Waals surface area contributed by atoms with Crippen molar-refractivity contribution in [2.75, 3.05) is 26.4 Å². The Morgan fingerprint density at radius 1 is 0.889 bits per heavy atom. The van der Waals surface area contributed by atoms with Crippen molar-refractivity contribution in [2.45, 2.75) is 51.4 Å². The van der Waals surface area contributed by atoms with Gasteiger partial charge in [-0.2, -0.15) is 13.2 Å². The highest BCUT2D eigenvalue weighted by Gasteiger charge is 2.35. The molecule has 3 rings (SSSR count). The summed E-state index contributed by atoms with van der Waals surface area (Å²) in [5.74, 6) is 0.408. The summed E-state index contributed by atoms with van der Waals surface area (Å²) in [6, 6.07) is 4.87. The Hall–Kier alpha value is -1.15. The molecule has 2 fully saturated rings. The van der Waals surface area contributed by atoms with E-state index in [1.807, 2.05) is 0 Å². The lowest BCUT2D eigenvalue weighted by atomic mass is 10.0. The minimum absolute atomic E-state index is 0.0349. The van der Waals surface area contributed by atoms with Crippen LogP contribution in [0.15, 0.2) is 24.3 Å². The summed E-state index contributed by atoms with van der Waals surface area (Å²) in [4.78, 5) is 0. The summed E-state index contributed by atoms with van der Waals surface area (Å²) in [5.41, 5.74) is -0.111. The average molecular weight is 388 g/mol. The van der Waals surface area contributed by atoms with Crippen molar-refractivity contribution in [3.05, 3.63) is 35.4 Å². The van der Waals surface area contributed by atoms with E-state index < -0.39 is 18.0 Å². The smallest absolute Gasteiger partial charge is 0.352 e. The van der Waals surface area contributed by atoms with Crippen LogP contribution in [0.2, 0.25) is 0 Å². The first-order chi connectivity index (χ1) is 13.0. The van der Waals surface area contributed by atoms with E-state index in [9.17, 15) is 13.2 Å². The van der Waals surface area contributed by atoms with Gasteiger partial charge in [0.1, 0.15) is 0 Å². The van der Waals surface area contributed by atoms with E-state index in [0.29, 0.717) is 37.9 Å². The van der Waals surface area contributed by atoms with E-state index in [-0.39, 0.29) is 12.2 Å². The van der Waals surface area contributed by atoms with Gasteiger partial charge < -0.3 is 18.9 Å². The molecule has 7 heteroatoms. The van der Waals surface area contributed by atoms with Crippen LogP contribution >= 0.6 is 0 Å². The number of benzene rings is 1. The molecular weight excluding hydrogens is 361 g/mol. The molecule has 2 aliphatic rings. The molecule has 0 aromatic heterocycles. The monoisotopic (exact) mass is 388 g/mol. The van der Waals surface area contributed by atoms with Gasteiger partial charge in [0.2, 0.25) is 0 Å². The number of hydrogen-bond acceptors (Lipinski definition) is 4. The Morgan fingerprint density at radius 2 is 1.52 bits per heavy atom. The summed E-state index contributed by atoms with van der Waals surface area (Å²) in [6.45, 7) is 4.33. The quantitative estimate of drug-likeness (QED) is 0.647. The maximum absolute atomic E-state index is 12.6. The fourth-order valence-corrected chi connectivity index (χ4v) is 3.38. The second-order valence-electron chi connectivity index (χ2n) is 7.28. The zero-order valence-electron chi connectivity index (χ0n) is 15.5. The van der Waals surface area contributed by atoms with Crippen molar-refractivity contribution >= 4 is 0 Å². The molecule has 0 bridgehead atoms. The van der Waals surface area contributed by atoms with Gasteiger partial charge in [0.15, 0.2) is 12.6 Å². The summed E-state index contributed by atoms with van der Waals surface area (Å²) in [6.07, 6.45) is -0.599. The molecule has 0 N–H and O–H groups in total. The van der Waals surface area contributed by atoms with Gasteiger partial charge in [-0.25, -0.2) is 0 Å². The first-order valence-corrected chi connectivity index (χ1v) is 9.61. The lowest BCUT2D eigenvalue weighted by Crippen LogP contribution is -2.43. The van der Waals surface area contributed by atoms with Crippen LogP contribution in [0.25, 0.3) is 0 Å². The number of ether oxygens (including phenoxy) is 4. The Balaban J connectivity index is 1.43. The van der Waals surface area contributed by atoms with Gasteiger partial charge in [0, 0.05) is 11.5 Å². The molecule has 0 spiro atoms. The molecule has 1 aromatic carbocycles. The van der Waals surface area contributed by atoms with Crippen LogP contribution in [-0.2, 0) is 25.1 Å². The molecule has 4 nitrogen and oxygen atoms in total. The topological polar surface area (TPSA) is 36.9 Å². The summed E-state index contributed by atoms with van der Waals surface area (Å²) in [5, 5.41) is 0. The third-order valence-corrected chi connectivity index (χ3v) is 5.03. The molecule has 0 amide bonds. The standard InChI is InChI=1S/C20H27F3O4/c1-2-3-4-5-14-10-24-19(25-11-14)16-12-26-18(27-13-16)15-6-8-17(9-7-15)20(21,22)23/h6-9,14,16,18-19H,2-5,10-13H2,1H3. The van der Waals surface area contributed by atoms with Crippen LogP contribution < -0.4 is 0 Å². The second-order valence-corrected chi connectivity index (χ2v) is 7.28. The third-order valence-electron chi connectivity index (χ3n) is 5.03. The van der Waals surface area contributed by atoms with Gasteiger partial charge in [0.05, 0.1) is 37.9 Å². The van der Waals surface area contributed by atoms with Gasteiger partial charge in [-0.05, 0) is 18.6 Å². The van der Waals surface area contributed by atoms with Crippen molar-refractivity contribution in [3.8, 4) is 0 Å². The lowest BCUT2D eigenvalue weighted by Gasteiger charge is -2.37. The molecule has 27 heavy (non-hydrogen) atoms. The normalized spacial score (nSPS) is 29.6. The number of alkyl halides is 3. The molecule has 0 aliphatic carbocycles. The number of halogens is 3. The van der Waals surface area contributed by atoms with E-state index >= 15 is 0 Å². The third kappa shape index (κ3) is 5.67. The molecular formula is C20H27F3O4. The van der Waals surface area contributed by atoms with Crippen LogP contribution in [-0.4, -0.2) is 32.7 Å². The van der Waals surface area contributed by atoms with Crippen LogP contribution in [0.1, 0.15) is 50.0 Å². The number of rotatable bonds is 6. The van der Waals surface area contributed by atoms with E-state index in [1.54, 1.807) is 0 Å². The summed E-state index contributed by atoms with van der Waals surface area (Å²) < 4.78 is 61.0. The minimum Gasteiger partial charge on any atom is -0.352 e. The van der Waals surface area contributed by atoms with E-state index in [1.165, 1.54) is 31.4 Å². The van der Waals surface area contributed by atoms with Gasteiger partial charge in [-0.1, -0.05) is 38.3 Å². The Kier molecular flexibility index (Phi) is 7.14. The predicted molar refractivity (Wildman–Crippen MR) is 92.9 cm³/mol. The Labute approximate surface area is 157 Å². The molecule has 0 radical (unpaired) electrons. The van der Waals surface area contributed by atoms with Crippen molar-refractivity contribution in [1.82, 2.24) is 0 Å². The van der Waals surface area contributed by atoms with E-state index in [4.69, 9.17) is 18.9 Å². The maximum atomic E-state index is 12.6. The van der Waals surface area contributed by atoms with Gasteiger partial charge in [-0.3, -0.25) is 0 Å². The molecule has 1 aromatic rings. The number of hydrogen-bond donors (Lipinski definition) is 0. The zero-order chi connectivity index (χ0) is 19.3. The molecule has 152 valence electrons. The largest absolute Gasteiger partial charge is 0.416 e. The zero-order valence-corrected chi connectivity index (χ0v) is 15.5. The second kappa shape index (κ2) is 9.37. The number of unbranched alkanes of at least 4 members (excludes halogenated alkanes) is 2. The highest BCUT2D eigenvalue weighted by Crippen LogP contribution is 2.33. The van der Waals surface area contributed by atoms with Crippen molar-refractivity contribution < 1.29 is 32.1 Å². The highest BCUT2D eigenvalue weighted by atomic mass is 19.4. The highest BCUT2D eigenvalue weighted by molar-refractivity contribution is 5.25. The molecule has 2 saturated heterocycles. The van der Waals surface area contributed by atoms with E-state index in [0.717, 1.165) is 18.6 Å². The van der Waals surface area contributed by atoms with Gasteiger partial charge in [0.25, 0.3) is 0 Å². The van der Waals surface area contributed by atoms with Crippen LogP contribution in [0.5, 0.6) is 0 Å². The lowest BCUT2D eigenvalue weighted by molar-refractivity contribution is -0.283. The maximum Gasteiger partial charge on any atom is 0.416 e. The van der Waals surface area contributed by atoms with Gasteiger partial charge in [-0.15, -0.1) is 0 Å². The van der Waals surface area contributed by atoms with Gasteiger partial charge >= 0.3 is 6.18 Å². The molecule has 2 heterocycles. The average Bonchev–Trinajstić information content (AvgIpc) is 2.68. The Morgan fingerprint density at radius 3 is 2.07 bits per heavy atom. The molecule has 2 aliphatic heterocycles. The fraction of sp³-hybridized carbons (Fsp3) is 0.700. The van der Waals surface area contributed by atoms with Crippen molar-refractivity contribution in [1.29, 1.82) is 0 Å². The molecule has 0 unspecified atom stereocenters. The molecule has 0 saturated carbocycles. The van der Waals surface area contributed by atoms with Crippen molar-refractivity contribution in [2.24, 2.45) is 11.8 Å². The SMILES string of the molecule is CCCCCC1COC(C2COC(c3ccc(C(F)(F)F)cc3)OC2)OC1. The van der Waals surface area contributed by atoms with E-state index in [2.05, 4.69) is 6.92 Å². The van der Waals surface area contributed by atoms with Crippen molar-refractivity contribution in [3.63, 3.8) is 0 Å². The predicted octanol–water partition coefficient (Wildman–Crippen LogP) is 4.94. The minimum atomic E-state index is -4.35. The molecule has 0 atom stereocenters. The summed E-state index contributed by atoms with van der Waals surface area (Å²) >= 11 is 0. The Bertz CT molecular complexity index is 560. The first-order valence-electron chi connectivity index (χ1n) is 9.61.